The number of aromatic nitrogens is 4. The van der Waals surface area contributed by atoms with Crippen molar-refractivity contribution < 1.29 is 9.26 Å². The third-order valence-corrected chi connectivity index (χ3v) is 4.03. The lowest BCUT2D eigenvalue weighted by molar-refractivity contribution is 0.192. The lowest BCUT2D eigenvalue weighted by atomic mass is 10.1. The number of nitrogens with zero attached hydrogens (tertiary/aromatic N) is 4. The highest BCUT2D eigenvalue weighted by Crippen LogP contribution is 2.23. The van der Waals surface area contributed by atoms with Crippen molar-refractivity contribution in [1.82, 2.24) is 19.9 Å². The van der Waals surface area contributed by atoms with Gasteiger partial charge in [-0.15, -0.1) is 0 Å². The molecule has 0 amide bonds. The normalized spacial score (nSPS) is 18.9. The van der Waals surface area contributed by atoms with Gasteiger partial charge in [0.1, 0.15) is 0 Å². The quantitative estimate of drug-likeness (QED) is 0.850. The number of hydrogen-bond acceptors (Lipinski definition) is 5. The summed E-state index contributed by atoms with van der Waals surface area (Å²) in [6.07, 6.45) is 2.63. The smallest absolute Gasteiger partial charge is 0.226 e. The molecule has 2 aromatic rings. The first-order chi connectivity index (χ1) is 9.65. The topological polar surface area (TPSA) is 66.0 Å². The van der Waals surface area contributed by atoms with Gasteiger partial charge in [0.05, 0.1) is 12.3 Å². The van der Waals surface area contributed by atoms with Crippen LogP contribution in [0.4, 0.5) is 0 Å². The Hall–Kier alpha value is -1.69. The van der Waals surface area contributed by atoms with Crippen molar-refractivity contribution in [3.8, 4) is 0 Å². The van der Waals surface area contributed by atoms with Crippen LogP contribution in [0.5, 0.6) is 0 Å². The zero-order chi connectivity index (χ0) is 14.1. The van der Waals surface area contributed by atoms with Crippen molar-refractivity contribution in [2.24, 2.45) is 7.05 Å². The molecule has 1 fully saturated rings. The van der Waals surface area contributed by atoms with Gasteiger partial charge >= 0.3 is 0 Å². The maximum atomic E-state index is 5.35. The fraction of sp³-hybridized carbons (Fsp3) is 0.643. The van der Waals surface area contributed by atoms with Crippen LogP contribution in [-0.4, -0.2) is 33.1 Å². The van der Waals surface area contributed by atoms with Crippen molar-refractivity contribution in [2.75, 3.05) is 13.2 Å². The minimum Gasteiger partial charge on any atom is -0.381 e. The van der Waals surface area contributed by atoms with E-state index in [0.717, 1.165) is 37.4 Å². The summed E-state index contributed by atoms with van der Waals surface area (Å²) in [4.78, 5) is 4.49. The Balaban J connectivity index is 1.66. The molecular weight excluding hydrogens is 256 g/mol. The van der Waals surface area contributed by atoms with Crippen LogP contribution >= 0.6 is 0 Å². The van der Waals surface area contributed by atoms with Crippen molar-refractivity contribution in [3.63, 3.8) is 0 Å². The molecule has 2 aromatic heterocycles. The molecule has 0 aliphatic carbocycles. The summed E-state index contributed by atoms with van der Waals surface area (Å²) in [5.41, 5.74) is 3.55. The fourth-order valence-electron chi connectivity index (χ4n) is 2.68. The van der Waals surface area contributed by atoms with Gasteiger partial charge < -0.3 is 9.26 Å². The predicted octanol–water partition coefficient (Wildman–Crippen LogP) is 1.71. The van der Waals surface area contributed by atoms with Gasteiger partial charge in [-0.05, 0) is 32.3 Å². The molecule has 0 aromatic carbocycles. The average Bonchev–Trinajstić information content (AvgIpc) is 3.12. The molecule has 6 heteroatoms. The molecule has 0 saturated carbocycles. The van der Waals surface area contributed by atoms with Crippen LogP contribution in [0.25, 0.3) is 0 Å². The van der Waals surface area contributed by atoms with Crippen molar-refractivity contribution >= 4 is 0 Å². The molecule has 0 bridgehead atoms. The number of rotatable bonds is 4. The summed E-state index contributed by atoms with van der Waals surface area (Å²) in [7, 11) is 1.97. The summed E-state index contributed by atoms with van der Waals surface area (Å²) >= 11 is 0. The van der Waals surface area contributed by atoms with Gasteiger partial charge in [-0.3, -0.25) is 4.68 Å². The minimum absolute atomic E-state index is 0.300. The van der Waals surface area contributed by atoms with E-state index in [-0.39, 0.29) is 0 Å². The number of ether oxygens (including phenoxy) is 1. The first kappa shape index (κ1) is 13.3. The second-order valence-electron chi connectivity index (χ2n) is 5.38. The summed E-state index contributed by atoms with van der Waals surface area (Å²) in [5.74, 6) is 1.79. The summed E-state index contributed by atoms with van der Waals surface area (Å²) < 4.78 is 12.6. The van der Waals surface area contributed by atoms with Gasteiger partial charge in [0, 0.05) is 31.7 Å². The lowest BCUT2D eigenvalue weighted by Crippen LogP contribution is -2.00. The monoisotopic (exact) mass is 276 g/mol. The van der Waals surface area contributed by atoms with E-state index >= 15 is 0 Å². The van der Waals surface area contributed by atoms with E-state index in [2.05, 4.69) is 22.2 Å². The summed E-state index contributed by atoms with van der Waals surface area (Å²) in [6.45, 7) is 5.63. The SMILES string of the molecule is Cc1nn(C)c(C)c1CCc1nc(C2CCOC2)no1. The van der Waals surface area contributed by atoms with E-state index in [1.54, 1.807) is 0 Å². The second-order valence-corrected chi connectivity index (χ2v) is 5.38. The Morgan fingerprint density at radius 1 is 1.30 bits per heavy atom. The Kier molecular flexibility index (Phi) is 3.56. The molecule has 1 saturated heterocycles. The van der Waals surface area contributed by atoms with E-state index < -0.39 is 0 Å². The highest BCUT2D eigenvalue weighted by Gasteiger charge is 2.23. The molecule has 3 rings (SSSR count). The standard InChI is InChI=1S/C14H20N4O2/c1-9-12(10(2)18(3)16-9)4-5-13-15-14(17-20-13)11-6-7-19-8-11/h11H,4-8H2,1-3H3. The van der Waals surface area contributed by atoms with Crippen LogP contribution in [0.15, 0.2) is 4.52 Å². The molecule has 6 nitrogen and oxygen atoms in total. The van der Waals surface area contributed by atoms with E-state index in [1.165, 1.54) is 11.3 Å². The molecular formula is C14H20N4O2. The maximum Gasteiger partial charge on any atom is 0.226 e. The van der Waals surface area contributed by atoms with Crippen molar-refractivity contribution in [1.29, 1.82) is 0 Å². The van der Waals surface area contributed by atoms with Crippen LogP contribution in [0, 0.1) is 13.8 Å². The molecule has 1 atom stereocenters. The van der Waals surface area contributed by atoms with Crippen LogP contribution in [0.1, 0.15) is 41.0 Å². The highest BCUT2D eigenvalue weighted by atomic mass is 16.5. The van der Waals surface area contributed by atoms with Crippen LogP contribution < -0.4 is 0 Å². The Morgan fingerprint density at radius 2 is 2.15 bits per heavy atom. The van der Waals surface area contributed by atoms with Crippen molar-refractivity contribution in [3.05, 3.63) is 28.7 Å². The lowest BCUT2D eigenvalue weighted by Gasteiger charge is -1.99. The van der Waals surface area contributed by atoms with Gasteiger partial charge in [0.15, 0.2) is 5.82 Å². The Labute approximate surface area is 118 Å². The molecule has 0 radical (unpaired) electrons. The maximum absolute atomic E-state index is 5.35. The van der Waals surface area contributed by atoms with Crippen LogP contribution in [0.3, 0.4) is 0 Å². The third-order valence-electron chi connectivity index (χ3n) is 4.03. The third kappa shape index (κ3) is 2.47. The largest absolute Gasteiger partial charge is 0.381 e. The second kappa shape index (κ2) is 5.36. The highest BCUT2D eigenvalue weighted by molar-refractivity contribution is 5.24. The summed E-state index contributed by atoms with van der Waals surface area (Å²) in [5, 5.41) is 8.50. The fourth-order valence-corrected chi connectivity index (χ4v) is 2.68. The molecule has 1 aliphatic heterocycles. The molecule has 1 aliphatic rings. The Bertz CT molecular complexity index is 596. The van der Waals surface area contributed by atoms with Crippen molar-refractivity contribution in [2.45, 2.75) is 39.0 Å². The molecule has 108 valence electrons. The van der Waals surface area contributed by atoms with E-state index in [9.17, 15) is 0 Å². The van der Waals surface area contributed by atoms with E-state index in [1.807, 2.05) is 18.7 Å². The molecule has 0 N–H and O–H groups in total. The van der Waals surface area contributed by atoms with Gasteiger partial charge in [-0.1, -0.05) is 5.16 Å². The molecule has 20 heavy (non-hydrogen) atoms. The van der Waals surface area contributed by atoms with Gasteiger partial charge in [-0.25, -0.2) is 0 Å². The first-order valence-electron chi connectivity index (χ1n) is 7.04. The van der Waals surface area contributed by atoms with E-state index in [4.69, 9.17) is 9.26 Å². The summed E-state index contributed by atoms with van der Waals surface area (Å²) in [6, 6.07) is 0. The number of aryl methyl sites for hydroxylation is 3. The minimum atomic E-state index is 0.300. The predicted molar refractivity (Wildman–Crippen MR) is 72.6 cm³/mol. The molecule has 3 heterocycles. The van der Waals surface area contributed by atoms with Crippen LogP contribution in [-0.2, 0) is 24.6 Å². The Morgan fingerprint density at radius 3 is 2.80 bits per heavy atom. The average molecular weight is 276 g/mol. The van der Waals surface area contributed by atoms with E-state index in [0.29, 0.717) is 18.4 Å². The van der Waals surface area contributed by atoms with Gasteiger partial charge in [-0.2, -0.15) is 10.1 Å². The number of hydrogen-bond donors (Lipinski definition) is 0. The first-order valence-corrected chi connectivity index (χ1v) is 7.04. The van der Waals surface area contributed by atoms with Gasteiger partial charge in [0.25, 0.3) is 0 Å². The van der Waals surface area contributed by atoms with Crippen LogP contribution in [0.2, 0.25) is 0 Å². The molecule has 1 unspecified atom stereocenters. The van der Waals surface area contributed by atoms with Gasteiger partial charge in [0.2, 0.25) is 5.89 Å². The molecule has 0 spiro atoms. The zero-order valence-corrected chi connectivity index (χ0v) is 12.2. The zero-order valence-electron chi connectivity index (χ0n) is 12.2.